The Morgan fingerprint density at radius 1 is 1.00 bits per heavy atom. The fraction of sp³-hybridized carbons (Fsp3) is 0.417. The molecule has 0 saturated carbocycles. The van der Waals surface area contributed by atoms with Crippen LogP contribution in [0.25, 0.3) is 9.81 Å². The Bertz CT molecular complexity index is 796. The van der Waals surface area contributed by atoms with Crippen LogP contribution in [0.2, 0.25) is 0 Å². The van der Waals surface area contributed by atoms with Crippen molar-refractivity contribution in [3.63, 3.8) is 0 Å². The summed E-state index contributed by atoms with van der Waals surface area (Å²) in [6.45, 7) is 10.1. The highest BCUT2D eigenvalue weighted by molar-refractivity contribution is 7.96. The summed E-state index contributed by atoms with van der Waals surface area (Å²) in [5.41, 5.74) is 3.06. The van der Waals surface area contributed by atoms with Crippen LogP contribution in [-0.4, -0.2) is 20.3 Å². The van der Waals surface area contributed by atoms with Gasteiger partial charge in [0, 0.05) is 27.9 Å². The second-order valence-corrected chi connectivity index (χ2v) is 9.02. The van der Waals surface area contributed by atoms with Crippen LogP contribution < -0.4 is 4.74 Å². The van der Waals surface area contributed by atoms with E-state index in [1.165, 1.54) is 5.56 Å². The van der Waals surface area contributed by atoms with Crippen LogP contribution in [0.4, 0.5) is 0 Å². The Morgan fingerprint density at radius 2 is 1.68 bits per heavy atom. The van der Waals surface area contributed by atoms with Crippen molar-refractivity contribution in [3.05, 3.63) is 65.2 Å². The zero-order chi connectivity index (χ0) is 20.7. The highest BCUT2D eigenvalue weighted by atomic mass is 32.1. The van der Waals surface area contributed by atoms with Crippen LogP contribution in [-0.2, 0) is 10.2 Å². The smallest absolute Gasteiger partial charge is 0.127 e. The first-order chi connectivity index (χ1) is 13.3. The van der Waals surface area contributed by atoms with Gasteiger partial charge in [0.2, 0.25) is 0 Å². The van der Waals surface area contributed by atoms with Gasteiger partial charge in [0.25, 0.3) is 0 Å². The van der Waals surface area contributed by atoms with Crippen LogP contribution >= 0.6 is 25.3 Å². The third-order valence-corrected chi connectivity index (χ3v) is 5.87. The van der Waals surface area contributed by atoms with E-state index in [9.17, 15) is 0 Å². The molecule has 0 atom stereocenters. The lowest BCUT2D eigenvalue weighted by Gasteiger charge is -2.26. The second kappa shape index (κ2) is 10.4. The molecule has 28 heavy (non-hydrogen) atoms. The zero-order valence-corrected chi connectivity index (χ0v) is 19.3. The van der Waals surface area contributed by atoms with Gasteiger partial charge in [-0.05, 0) is 35.6 Å². The number of hydrogen-bond donors (Lipinski definition) is 2. The van der Waals surface area contributed by atoms with Crippen LogP contribution in [0.5, 0.6) is 5.75 Å². The summed E-state index contributed by atoms with van der Waals surface area (Å²) in [5, 5.41) is 0. The summed E-state index contributed by atoms with van der Waals surface area (Å²) in [4.78, 5) is 1.64. The highest BCUT2D eigenvalue weighted by Gasteiger charge is 2.23. The molecule has 4 heteroatoms. The third kappa shape index (κ3) is 6.07. The molecule has 0 heterocycles. The second-order valence-electron chi connectivity index (χ2n) is 8.12. The maximum atomic E-state index is 6.13. The predicted molar refractivity (Wildman–Crippen MR) is 128 cm³/mol. The molecule has 0 N–H and O–H groups in total. The summed E-state index contributed by atoms with van der Waals surface area (Å²) >= 11 is 9.61. The van der Waals surface area contributed by atoms with Gasteiger partial charge in [-0.3, -0.25) is 0 Å². The van der Waals surface area contributed by atoms with Crippen LogP contribution in [0.3, 0.4) is 0 Å². The normalized spacial score (nSPS) is 12.9. The number of hydrogen-bond acceptors (Lipinski definition) is 4. The molecule has 2 aromatic rings. The average Bonchev–Trinajstić information content (AvgIpc) is 2.67. The fourth-order valence-electron chi connectivity index (χ4n) is 2.97. The number of rotatable bonds is 9. The van der Waals surface area contributed by atoms with Gasteiger partial charge in [-0.25, -0.2) is 0 Å². The van der Waals surface area contributed by atoms with Gasteiger partial charge in [-0.2, -0.15) is 0 Å². The average molecular weight is 417 g/mol. The minimum absolute atomic E-state index is 0.114. The zero-order valence-electron chi connectivity index (χ0n) is 17.5. The van der Waals surface area contributed by atoms with Crippen molar-refractivity contribution in [1.29, 1.82) is 0 Å². The summed E-state index contributed by atoms with van der Waals surface area (Å²) in [6, 6.07) is 16.4. The van der Waals surface area contributed by atoms with E-state index >= 15 is 0 Å². The van der Waals surface area contributed by atoms with Crippen LogP contribution in [0.15, 0.2) is 48.5 Å². The monoisotopic (exact) mass is 416 g/mol. The third-order valence-electron chi connectivity index (χ3n) is 4.75. The molecular formula is C24H32O2S2. The molecule has 2 aromatic carbocycles. The van der Waals surface area contributed by atoms with E-state index in [1.807, 2.05) is 36.4 Å². The molecule has 0 saturated heterocycles. The van der Waals surface area contributed by atoms with Crippen molar-refractivity contribution >= 4 is 35.1 Å². The predicted octanol–water partition coefficient (Wildman–Crippen LogP) is 6.72. The van der Waals surface area contributed by atoms with Gasteiger partial charge < -0.3 is 9.47 Å². The first kappa shape index (κ1) is 22.9. The van der Waals surface area contributed by atoms with Gasteiger partial charge in [-0.1, -0.05) is 64.1 Å². The lowest BCUT2D eigenvalue weighted by atomic mass is 9.84. The summed E-state index contributed by atoms with van der Waals surface area (Å²) < 4.78 is 11.6. The Kier molecular flexibility index (Phi) is 8.54. The molecular weight excluding hydrogens is 384 g/mol. The van der Waals surface area contributed by atoms with E-state index in [2.05, 4.69) is 39.8 Å². The van der Waals surface area contributed by atoms with Crippen LogP contribution in [0.1, 0.15) is 50.8 Å². The molecule has 0 aliphatic heterocycles. The van der Waals surface area contributed by atoms with Gasteiger partial charge in [0.05, 0.1) is 13.2 Å². The van der Waals surface area contributed by atoms with Crippen molar-refractivity contribution in [3.8, 4) is 5.75 Å². The van der Waals surface area contributed by atoms with Gasteiger partial charge >= 0.3 is 0 Å². The maximum absolute atomic E-state index is 6.13. The largest absolute Gasteiger partial charge is 0.493 e. The van der Waals surface area contributed by atoms with Crippen molar-refractivity contribution in [1.82, 2.24) is 0 Å². The van der Waals surface area contributed by atoms with Crippen molar-refractivity contribution in [2.75, 3.05) is 20.3 Å². The van der Waals surface area contributed by atoms with Crippen LogP contribution in [0, 0.1) is 5.92 Å². The Morgan fingerprint density at radius 3 is 2.29 bits per heavy atom. The van der Waals surface area contributed by atoms with E-state index in [4.69, 9.17) is 34.7 Å². The molecule has 0 radical (unpaired) electrons. The van der Waals surface area contributed by atoms with E-state index in [0.717, 1.165) is 33.1 Å². The highest BCUT2D eigenvalue weighted by Crippen LogP contribution is 2.39. The van der Waals surface area contributed by atoms with Gasteiger partial charge in [0.15, 0.2) is 0 Å². The number of thiol groups is 2. The molecule has 2 rings (SSSR count). The van der Waals surface area contributed by atoms with Crippen molar-refractivity contribution in [2.24, 2.45) is 5.92 Å². The Labute approximate surface area is 181 Å². The molecule has 0 aliphatic rings. The number of benzene rings is 2. The quantitative estimate of drug-likeness (QED) is 0.349. The molecule has 0 aromatic heterocycles. The van der Waals surface area contributed by atoms with E-state index in [1.54, 1.807) is 7.11 Å². The van der Waals surface area contributed by atoms with Crippen molar-refractivity contribution < 1.29 is 9.47 Å². The first-order valence-electron chi connectivity index (χ1n) is 9.70. The molecule has 2 nitrogen and oxygen atoms in total. The molecule has 0 fully saturated rings. The molecule has 0 aliphatic carbocycles. The minimum Gasteiger partial charge on any atom is -0.493 e. The standard InChI is InChI=1S/C24H32O2S2/c1-17(2)13-14-26-21-12-11-19(24(3,4)16-25-5)15-20(21)23(28)22(27)18-9-7-6-8-10-18/h6-12,15,17,27-28H,13-14,16H2,1-5H3/b23-22-. The Balaban J connectivity index is 2.49. The summed E-state index contributed by atoms with van der Waals surface area (Å²) in [7, 11) is 1.73. The molecule has 0 unspecified atom stereocenters. The van der Waals surface area contributed by atoms with Gasteiger partial charge in [0.1, 0.15) is 5.75 Å². The number of ether oxygens (including phenoxy) is 2. The summed E-state index contributed by atoms with van der Waals surface area (Å²) in [5.74, 6) is 1.43. The molecule has 0 bridgehead atoms. The van der Waals surface area contributed by atoms with Gasteiger partial charge in [-0.15, -0.1) is 25.3 Å². The SMILES string of the molecule is COCC(C)(C)c1ccc(OCCC(C)C)c(/C(S)=C(/S)c2ccccc2)c1. The Hall–Kier alpha value is -1.36. The lowest BCUT2D eigenvalue weighted by Crippen LogP contribution is -2.23. The lowest BCUT2D eigenvalue weighted by molar-refractivity contribution is 0.146. The van der Waals surface area contributed by atoms with E-state index in [0.29, 0.717) is 19.1 Å². The molecule has 0 amide bonds. The first-order valence-corrected chi connectivity index (χ1v) is 10.6. The number of methoxy groups -OCH3 is 1. The van der Waals surface area contributed by atoms with Crippen molar-refractivity contribution in [2.45, 2.75) is 39.5 Å². The van der Waals surface area contributed by atoms with E-state index < -0.39 is 0 Å². The fourth-order valence-corrected chi connectivity index (χ4v) is 3.54. The summed E-state index contributed by atoms with van der Waals surface area (Å²) in [6.07, 6.45) is 1.01. The minimum atomic E-state index is -0.114. The molecule has 0 spiro atoms. The molecule has 152 valence electrons. The van der Waals surface area contributed by atoms with E-state index in [-0.39, 0.29) is 5.41 Å². The topological polar surface area (TPSA) is 18.5 Å². The maximum Gasteiger partial charge on any atom is 0.127 e.